The molecule has 0 aromatic carbocycles. The molecule has 4 heteroatoms. The first-order chi connectivity index (χ1) is 6.69. The van der Waals surface area contributed by atoms with E-state index >= 15 is 0 Å². The van der Waals surface area contributed by atoms with Gasteiger partial charge in [-0.3, -0.25) is 10.1 Å². The van der Waals surface area contributed by atoms with Crippen molar-refractivity contribution >= 4 is 5.91 Å². The number of aliphatic hydroxyl groups is 1. The molecule has 1 saturated heterocycles. The van der Waals surface area contributed by atoms with E-state index in [0.717, 1.165) is 25.9 Å². The number of carbonyl (C=O) groups excluding carboxylic acids is 1. The van der Waals surface area contributed by atoms with E-state index in [1.54, 1.807) is 0 Å². The maximum atomic E-state index is 11.9. The van der Waals surface area contributed by atoms with Crippen LogP contribution in [-0.4, -0.2) is 41.3 Å². The van der Waals surface area contributed by atoms with Crippen molar-refractivity contribution in [2.24, 2.45) is 0 Å². The summed E-state index contributed by atoms with van der Waals surface area (Å²) in [5.74, 6) is 0.130. The fourth-order valence-electron chi connectivity index (χ4n) is 1.83. The first kappa shape index (κ1) is 11.5. The van der Waals surface area contributed by atoms with Crippen LogP contribution in [0.3, 0.4) is 0 Å². The predicted octanol–water partition coefficient (Wildman–Crippen LogP) is 0.315. The molecule has 0 aromatic heterocycles. The van der Waals surface area contributed by atoms with Gasteiger partial charge in [-0.05, 0) is 26.2 Å². The van der Waals surface area contributed by atoms with Crippen LogP contribution in [0.1, 0.15) is 33.1 Å². The molecule has 2 atom stereocenters. The van der Waals surface area contributed by atoms with Crippen molar-refractivity contribution in [2.75, 3.05) is 13.1 Å². The smallest absolute Gasteiger partial charge is 0.239 e. The van der Waals surface area contributed by atoms with Gasteiger partial charge in [0.25, 0.3) is 0 Å². The van der Waals surface area contributed by atoms with Crippen LogP contribution >= 0.6 is 0 Å². The van der Waals surface area contributed by atoms with Gasteiger partial charge in [0.15, 0.2) is 0 Å². The average Bonchev–Trinajstić information content (AvgIpc) is 2.60. The van der Waals surface area contributed by atoms with Crippen LogP contribution < -0.4 is 5.32 Å². The number of nitrogens with zero attached hydrogens (tertiary/aromatic N) is 1. The monoisotopic (exact) mass is 200 g/mol. The predicted molar refractivity (Wildman–Crippen MR) is 54.7 cm³/mol. The average molecular weight is 200 g/mol. The number of nitrogens with one attached hydrogen (secondary N) is 1. The van der Waals surface area contributed by atoms with Crippen LogP contribution in [0, 0.1) is 0 Å². The highest BCUT2D eigenvalue weighted by Crippen LogP contribution is 2.12. The highest BCUT2D eigenvalue weighted by Gasteiger charge is 2.29. The zero-order valence-corrected chi connectivity index (χ0v) is 8.99. The summed E-state index contributed by atoms with van der Waals surface area (Å²) in [5.41, 5.74) is 0. The summed E-state index contributed by atoms with van der Waals surface area (Å²) in [5, 5.41) is 12.1. The third kappa shape index (κ3) is 2.69. The molecule has 82 valence electrons. The van der Waals surface area contributed by atoms with Crippen molar-refractivity contribution in [3.8, 4) is 0 Å². The molecule has 1 heterocycles. The topological polar surface area (TPSA) is 52.6 Å². The molecule has 1 amide bonds. The molecule has 1 aliphatic rings. The van der Waals surface area contributed by atoms with E-state index in [9.17, 15) is 9.90 Å². The minimum absolute atomic E-state index is 0.130. The maximum Gasteiger partial charge on any atom is 0.239 e. The minimum Gasteiger partial charge on any atom is -0.379 e. The van der Waals surface area contributed by atoms with Crippen LogP contribution in [0.25, 0.3) is 0 Å². The van der Waals surface area contributed by atoms with Crippen LogP contribution in [0.15, 0.2) is 0 Å². The molecular formula is C10H20N2O2. The minimum atomic E-state index is -0.496. The number of hydrogen-bond acceptors (Lipinski definition) is 3. The fourth-order valence-corrected chi connectivity index (χ4v) is 1.83. The summed E-state index contributed by atoms with van der Waals surface area (Å²) < 4.78 is 0. The fraction of sp³-hybridized carbons (Fsp3) is 0.900. The quantitative estimate of drug-likeness (QED) is 0.687. The van der Waals surface area contributed by atoms with E-state index in [-0.39, 0.29) is 11.9 Å². The molecule has 4 nitrogen and oxygen atoms in total. The third-order valence-electron chi connectivity index (χ3n) is 2.61. The van der Waals surface area contributed by atoms with E-state index in [1.165, 1.54) is 0 Å². The Bertz CT molecular complexity index is 191. The Morgan fingerprint density at radius 2 is 2.21 bits per heavy atom. The Kier molecular flexibility index (Phi) is 4.35. The zero-order chi connectivity index (χ0) is 10.6. The molecule has 0 aliphatic carbocycles. The normalized spacial score (nSPS) is 26.5. The molecule has 0 saturated carbocycles. The Morgan fingerprint density at radius 1 is 1.50 bits per heavy atom. The summed E-state index contributed by atoms with van der Waals surface area (Å²) in [6.45, 7) is 5.61. The standard InChI is InChI=1S/C10H20N2O2/c1-3-7-12(4-2)10(14)8-5-6-9(13)11-8/h8-9,11,13H,3-7H2,1-2H3/t8-,9?/m0/s1. The van der Waals surface area contributed by atoms with E-state index in [2.05, 4.69) is 12.2 Å². The van der Waals surface area contributed by atoms with Gasteiger partial charge in [0.2, 0.25) is 5.91 Å². The molecule has 1 unspecified atom stereocenters. The summed E-state index contributed by atoms with van der Waals surface area (Å²) in [4.78, 5) is 13.7. The number of rotatable bonds is 4. The Balaban J connectivity index is 2.45. The molecule has 2 N–H and O–H groups in total. The van der Waals surface area contributed by atoms with Gasteiger partial charge in [0, 0.05) is 13.1 Å². The van der Waals surface area contributed by atoms with Gasteiger partial charge in [-0.15, -0.1) is 0 Å². The summed E-state index contributed by atoms with van der Waals surface area (Å²) in [6, 6.07) is -0.170. The summed E-state index contributed by atoms with van der Waals surface area (Å²) in [6.07, 6.45) is 1.92. The van der Waals surface area contributed by atoms with Crippen LogP contribution in [0.2, 0.25) is 0 Å². The van der Waals surface area contributed by atoms with Crippen molar-refractivity contribution in [3.05, 3.63) is 0 Å². The lowest BCUT2D eigenvalue weighted by Crippen LogP contribution is -2.45. The van der Waals surface area contributed by atoms with Crippen LogP contribution in [0.5, 0.6) is 0 Å². The maximum absolute atomic E-state index is 11.9. The Hall–Kier alpha value is -0.610. The molecular weight excluding hydrogens is 180 g/mol. The summed E-state index contributed by atoms with van der Waals surface area (Å²) in [7, 11) is 0. The Morgan fingerprint density at radius 3 is 2.64 bits per heavy atom. The lowest BCUT2D eigenvalue weighted by atomic mass is 10.2. The SMILES string of the molecule is CCCN(CC)C(=O)[C@@H]1CCC(O)N1. The largest absolute Gasteiger partial charge is 0.379 e. The molecule has 1 rings (SSSR count). The van der Waals surface area contributed by atoms with Gasteiger partial charge in [-0.2, -0.15) is 0 Å². The van der Waals surface area contributed by atoms with Gasteiger partial charge in [0.1, 0.15) is 6.23 Å². The molecule has 0 spiro atoms. The van der Waals surface area contributed by atoms with Crippen LogP contribution in [-0.2, 0) is 4.79 Å². The lowest BCUT2D eigenvalue weighted by molar-refractivity contribution is -0.133. The number of carbonyl (C=O) groups is 1. The molecule has 1 fully saturated rings. The Labute approximate surface area is 85.3 Å². The second kappa shape index (κ2) is 5.32. The second-order valence-corrected chi connectivity index (χ2v) is 3.73. The molecule has 1 aliphatic heterocycles. The number of amides is 1. The summed E-state index contributed by atoms with van der Waals surface area (Å²) >= 11 is 0. The van der Waals surface area contributed by atoms with Crippen molar-refractivity contribution in [2.45, 2.75) is 45.4 Å². The van der Waals surface area contributed by atoms with E-state index in [0.29, 0.717) is 6.42 Å². The third-order valence-corrected chi connectivity index (χ3v) is 2.61. The molecule has 0 radical (unpaired) electrons. The van der Waals surface area contributed by atoms with Gasteiger partial charge in [-0.25, -0.2) is 0 Å². The number of aliphatic hydroxyl groups excluding tert-OH is 1. The van der Waals surface area contributed by atoms with Gasteiger partial charge < -0.3 is 10.0 Å². The van der Waals surface area contributed by atoms with Gasteiger partial charge in [0.05, 0.1) is 6.04 Å². The zero-order valence-electron chi connectivity index (χ0n) is 8.99. The highest BCUT2D eigenvalue weighted by atomic mass is 16.3. The van der Waals surface area contributed by atoms with Crippen molar-refractivity contribution in [3.63, 3.8) is 0 Å². The van der Waals surface area contributed by atoms with Crippen molar-refractivity contribution in [1.82, 2.24) is 10.2 Å². The molecule has 14 heavy (non-hydrogen) atoms. The van der Waals surface area contributed by atoms with Gasteiger partial charge in [-0.1, -0.05) is 6.92 Å². The second-order valence-electron chi connectivity index (χ2n) is 3.73. The van der Waals surface area contributed by atoms with Crippen LogP contribution in [0.4, 0.5) is 0 Å². The lowest BCUT2D eigenvalue weighted by Gasteiger charge is -2.23. The first-order valence-corrected chi connectivity index (χ1v) is 5.42. The van der Waals surface area contributed by atoms with Gasteiger partial charge >= 0.3 is 0 Å². The number of likely N-dealkylation sites (N-methyl/N-ethyl adjacent to an activating group) is 1. The van der Waals surface area contributed by atoms with Crippen molar-refractivity contribution < 1.29 is 9.90 Å². The first-order valence-electron chi connectivity index (χ1n) is 5.42. The van der Waals surface area contributed by atoms with E-state index < -0.39 is 6.23 Å². The van der Waals surface area contributed by atoms with E-state index in [4.69, 9.17) is 0 Å². The highest BCUT2D eigenvalue weighted by molar-refractivity contribution is 5.82. The molecule has 0 bridgehead atoms. The van der Waals surface area contributed by atoms with Crippen molar-refractivity contribution in [1.29, 1.82) is 0 Å². The molecule has 0 aromatic rings. The number of hydrogen-bond donors (Lipinski definition) is 2. The van der Waals surface area contributed by atoms with E-state index in [1.807, 2.05) is 11.8 Å².